The molecule has 0 aliphatic rings. The van der Waals surface area contributed by atoms with Gasteiger partial charge in [0.25, 0.3) is 5.91 Å². The summed E-state index contributed by atoms with van der Waals surface area (Å²) in [6.45, 7) is 2.49. The number of nitrogens with two attached hydrogens (primary N) is 1. The van der Waals surface area contributed by atoms with Gasteiger partial charge >= 0.3 is 0 Å². The monoisotopic (exact) mass is 385 g/mol. The van der Waals surface area contributed by atoms with Crippen LogP contribution >= 0.6 is 15.9 Å². The average Bonchev–Trinajstić information content (AvgIpc) is 2.93. The zero-order valence-electron chi connectivity index (χ0n) is 13.0. The molecule has 3 N–H and O–H groups in total. The molecule has 0 fully saturated rings. The SMILES string of the molecule is Cc1ccc(Cn2nnc(C(=O)Nc3ccc(Br)cc3)c2N)cc1. The van der Waals surface area contributed by atoms with Gasteiger partial charge in [0.15, 0.2) is 11.5 Å². The second-order valence-corrected chi connectivity index (χ2v) is 6.34. The van der Waals surface area contributed by atoms with E-state index in [4.69, 9.17) is 5.73 Å². The Labute approximate surface area is 147 Å². The summed E-state index contributed by atoms with van der Waals surface area (Å²) in [4.78, 5) is 12.3. The van der Waals surface area contributed by atoms with Gasteiger partial charge in [-0.25, -0.2) is 4.68 Å². The van der Waals surface area contributed by atoms with Crippen LogP contribution in [0.15, 0.2) is 53.0 Å². The number of halogens is 1. The zero-order valence-corrected chi connectivity index (χ0v) is 14.6. The van der Waals surface area contributed by atoms with E-state index in [0.717, 1.165) is 10.0 Å². The number of nitrogens with zero attached hydrogens (tertiary/aromatic N) is 3. The Bertz CT molecular complexity index is 856. The quantitative estimate of drug-likeness (QED) is 0.721. The number of carbonyl (C=O) groups is 1. The molecular weight excluding hydrogens is 370 g/mol. The molecule has 1 aromatic heterocycles. The first-order chi connectivity index (χ1) is 11.5. The van der Waals surface area contributed by atoms with Crippen molar-refractivity contribution in [3.8, 4) is 0 Å². The van der Waals surface area contributed by atoms with E-state index in [1.54, 1.807) is 12.1 Å². The third kappa shape index (κ3) is 3.62. The number of hydrogen-bond acceptors (Lipinski definition) is 4. The lowest BCUT2D eigenvalue weighted by atomic mass is 10.1. The molecular formula is C17H16BrN5O. The van der Waals surface area contributed by atoms with Crippen LogP contribution in [0, 0.1) is 6.92 Å². The van der Waals surface area contributed by atoms with Crippen molar-refractivity contribution in [1.29, 1.82) is 0 Å². The van der Waals surface area contributed by atoms with E-state index in [2.05, 4.69) is 31.6 Å². The highest BCUT2D eigenvalue weighted by Crippen LogP contribution is 2.17. The number of rotatable bonds is 4. The minimum atomic E-state index is -0.384. The molecule has 0 radical (unpaired) electrons. The van der Waals surface area contributed by atoms with Gasteiger partial charge in [-0.15, -0.1) is 5.10 Å². The molecule has 0 aliphatic carbocycles. The fourth-order valence-electron chi connectivity index (χ4n) is 2.19. The van der Waals surface area contributed by atoms with Gasteiger partial charge in [-0.3, -0.25) is 4.79 Å². The molecule has 0 bridgehead atoms. The van der Waals surface area contributed by atoms with Crippen molar-refractivity contribution in [1.82, 2.24) is 15.0 Å². The zero-order chi connectivity index (χ0) is 17.1. The predicted molar refractivity (Wildman–Crippen MR) is 96.8 cm³/mol. The molecule has 0 aliphatic heterocycles. The second kappa shape index (κ2) is 6.84. The van der Waals surface area contributed by atoms with Crippen molar-refractivity contribution in [2.45, 2.75) is 13.5 Å². The van der Waals surface area contributed by atoms with E-state index in [0.29, 0.717) is 12.2 Å². The fourth-order valence-corrected chi connectivity index (χ4v) is 2.45. The molecule has 3 aromatic rings. The van der Waals surface area contributed by atoms with E-state index in [1.165, 1.54) is 10.2 Å². The lowest BCUT2D eigenvalue weighted by Gasteiger charge is -2.05. The maximum atomic E-state index is 12.3. The van der Waals surface area contributed by atoms with E-state index in [9.17, 15) is 4.79 Å². The van der Waals surface area contributed by atoms with E-state index >= 15 is 0 Å². The van der Waals surface area contributed by atoms with Crippen LogP contribution in [0.4, 0.5) is 11.5 Å². The molecule has 122 valence electrons. The molecule has 0 atom stereocenters. The van der Waals surface area contributed by atoms with Crippen LogP contribution in [0.5, 0.6) is 0 Å². The van der Waals surface area contributed by atoms with Gasteiger partial charge in [-0.05, 0) is 36.8 Å². The van der Waals surface area contributed by atoms with Crippen LogP contribution in [0.3, 0.4) is 0 Å². The summed E-state index contributed by atoms with van der Waals surface area (Å²) in [7, 11) is 0. The Balaban J connectivity index is 1.75. The molecule has 2 aromatic carbocycles. The minimum Gasteiger partial charge on any atom is -0.382 e. The summed E-state index contributed by atoms with van der Waals surface area (Å²) < 4.78 is 2.45. The number of carbonyl (C=O) groups excluding carboxylic acids is 1. The Hall–Kier alpha value is -2.67. The van der Waals surface area contributed by atoms with Gasteiger partial charge in [0, 0.05) is 10.2 Å². The summed E-state index contributed by atoms with van der Waals surface area (Å²) in [5.74, 6) is -0.143. The number of benzene rings is 2. The van der Waals surface area contributed by atoms with Crippen molar-refractivity contribution in [2.24, 2.45) is 0 Å². The van der Waals surface area contributed by atoms with Crippen LogP contribution in [-0.4, -0.2) is 20.9 Å². The molecule has 7 heteroatoms. The van der Waals surface area contributed by atoms with Crippen LogP contribution in [0.1, 0.15) is 21.6 Å². The van der Waals surface area contributed by atoms with Crippen LogP contribution < -0.4 is 11.1 Å². The predicted octanol–water partition coefficient (Wildman–Crippen LogP) is 3.23. The molecule has 0 spiro atoms. The van der Waals surface area contributed by atoms with Crippen molar-refractivity contribution >= 4 is 33.3 Å². The van der Waals surface area contributed by atoms with Gasteiger partial charge in [-0.1, -0.05) is 51.0 Å². The van der Waals surface area contributed by atoms with Crippen LogP contribution in [0.25, 0.3) is 0 Å². The summed E-state index contributed by atoms with van der Waals surface area (Å²) in [6, 6.07) is 15.3. The van der Waals surface area contributed by atoms with Crippen LogP contribution in [0.2, 0.25) is 0 Å². The Morgan fingerprint density at radius 3 is 2.50 bits per heavy atom. The molecule has 0 saturated heterocycles. The highest BCUT2D eigenvalue weighted by atomic mass is 79.9. The first-order valence-corrected chi connectivity index (χ1v) is 8.13. The number of aromatic nitrogens is 3. The lowest BCUT2D eigenvalue weighted by molar-refractivity contribution is 0.102. The van der Waals surface area contributed by atoms with E-state index < -0.39 is 0 Å². The molecule has 0 unspecified atom stereocenters. The Morgan fingerprint density at radius 1 is 1.17 bits per heavy atom. The number of aryl methyl sites for hydroxylation is 1. The van der Waals surface area contributed by atoms with Crippen molar-refractivity contribution in [3.63, 3.8) is 0 Å². The molecule has 1 amide bonds. The molecule has 1 heterocycles. The van der Waals surface area contributed by atoms with Gasteiger partial charge in [0.1, 0.15) is 0 Å². The summed E-state index contributed by atoms with van der Waals surface area (Å²) in [5, 5.41) is 10.6. The third-order valence-corrected chi connectivity index (χ3v) is 4.07. The normalized spacial score (nSPS) is 10.6. The van der Waals surface area contributed by atoms with Crippen molar-refractivity contribution < 1.29 is 4.79 Å². The molecule has 3 rings (SSSR count). The highest BCUT2D eigenvalue weighted by Gasteiger charge is 2.17. The Kier molecular flexibility index (Phi) is 4.61. The van der Waals surface area contributed by atoms with Crippen LogP contribution in [-0.2, 0) is 6.54 Å². The molecule has 0 saturated carbocycles. The molecule has 24 heavy (non-hydrogen) atoms. The smallest absolute Gasteiger partial charge is 0.280 e. The highest BCUT2D eigenvalue weighted by molar-refractivity contribution is 9.10. The lowest BCUT2D eigenvalue weighted by Crippen LogP contribution is -2.15. The number of nitrogens with one attached hydrogen (secondary N) is 1. The largest absolute Gasteiger partial charge is 0.382 e. The van der Waals surface area contributed by atoms with E-state index in [1.807, 2.05) is 43.3 Å². The minimum absolute atomic E-state index is 0.116. The van der Waals surface area contributed by atoms with Gasteiger partial charge in [0.2, 0.25) is 0 Å². The Morgan fingerprint density at radius 2 is 1.83 bits per heavy atom. The summed E-state index contributed by atoms with van der Waals surface area (Å²) >= 11 is 3.35. The summed E-state index contributed by atoms with van der Waals surface area (Å²) in [6.07, 6.45) is 0. The third-order valence-electron chi connectivity index (χ3n) is 3.54. The first kappa shape index (κ1) is 16.2. The number of anilines is 2. The number of amides is 1. The second-order valence-electron chi connectivity index (χ2n) is 5.43. The van der Waals surface area contributed by atoms with Gasteiger partial charge < -0.3 is 11.1 Å². The number of nitrogen functional groups attached to an aromatic ring is 1. The topological polar surface area (TPSA) is 85.8 Å². The maximum absolute atomic E-state index is 12.3. The average molecular weight is 386 g/mol. The maximum Gasteiger partial charge on any atom is 0.280 e. The van der Waals surface area contributed by atoms with Gasteiger partial charge in [0.05, 0.1) is 6.54 Å². The van der Waals surface area contributed by atoms with Crippen molar-refractivity contribution in [3.05, 3.63) is 69.8 Å². The summed E-state index contributed by atoms with van der Waals surface area (Å²) in [5.41, 5.74) is 9.03. The van der Waals surface area contributed by atoms with E-state index in [-0.39, 0.29) is 17.4 Å². The van der Waals surface area contributed by atoms with Gasteiger partial charge in [-0.2, -0.15) is 0 Å². The standard InChI is InChI=1S/C17H16BrN5O/c1-11-2-4-12(5-3-11)10-23-16(19)15(21-22-23)17(24)20-14-8-6-13(18)7-9-14/h2-9H,10,19H2,1H3,(H,20,24). The number of hydrogen-bond donors (Lipinski definition) is 2. The molecule has 6 nitrogen and oxygen atoms in total. The first-order valence-electron chi connectivity index (χ1n) is 7.34. The fraction of sp³-hybridized carbons (Fsp3) is 0.118. The van der Waals surface area contributed by atoms with Crippen molar-refractivity contribution in [2.75, 3.05) is 11.1 Å².